The van der Waals surface area contributed by atoms with Gasteiger partial charge in [-0.05, 0) is 77.8 Å². The Bertz CT molecular complexity index is 608. The lowest BCUT2D eigenvalue weighted by atomic mass is 10.0. The predicted octanol–water partition coefficient (Wildman–Crippen LogP) is 6.06. The average Bonchev–Trinajstić information content (AvgIpc) is 2.62. The summed E-state index contributed by atoms with van der Waals surface area (Å²) in [7, 11) is 0. The molecule has 1 N–H and O–H groups in total. The van der Waals surface area contributed by atoms with E-state index in [1.807, 2.05) is 19.1 Å². The fourth-order valence-corrected chi connectivity index (χ4v) is 2.64. The quantitative estimate of drug-likeness (QED) is 0.416. The molecule has 1 aromatic carbocycles. The number of hydrogen-bond donors (Lipinski definition) is 1. The van der Waals surface area contributed by atoms with E-state index in [0.717, 1.165) is 56.6 Å². The topological polar surface area (TPSA) is 47.6 Å². The lowest BCUT2D eigenvalue weighted by molar-refractivity contribution is -0.121. The Morgan fingerprint density at radius 2 is 1.61 bits per heavy atom. The number of nitrogens with one attached hydrogen (secondary N) is 1. The van der Waals surface area contributed by atoms with E-state index < -0.39 is 0 Å². The molecule has 1 amide bonds. The van der Waals surface area contributed by atoms with Crippen molar-refractivity contribution in [1.82, 2.24) is 5.32 Å². The van der Waals surface area contributed by atoms with Crippen LogP contribution in [0.4, 0.5) is 0 Å². The maximum absolute atomic E-state index is 11.6. The van der Waals surface area contributed by atoms with E-state index in [4.69, 9.17) is 9.47 Å². The number of ether oxygens (including phenoxy) is 2. The molecule has 0 aliphatic carbocycles. The number of carbonyl (C=O) groups excluding carboxylic acids is 1. The number of amides is 1. The third kappa shape index (κ3) is 8.99. The third-order valence-electron chi connectivity index (χ3n) is 5.19. The number of rotatable bonds is 13. The Kier molecular flexibility index (Phi) is 9.84. The molecule has 0 radical (unpaired) electrons. The van der Waals surface area contributed by atoms with Gasteiger partial charge in [0.1, 0.15) is 22.7 Å². The predicted molar refractivity (Wildman–Crippen MR) is 117 cm³/mol. The molecule has 0 aliphatic heterocycles. The van der Waals surface area contributed by atoms with Crippen LogP contribution in [-0.2, 0) is 11.2 Å². The molecule has 0 saturated heterocycles. The highest BCUT2D eigenvalue weighted by atomic mass is 16.5. The highest BCUT2D eigenvalue weighted by Gasteiger charge is 2.21. The molecule has 0 spiro atoms. The van der Waals surface area contributed by atoms with Crippen LogP contribution in [0.1, 0.15) is 92.6 Å². The van der Waals surface area contributed by atoms with Crippen LogP contribution in [-0.4, -0.2) is 23.7 Å². The maximum atomic E-state index is 11.6. The van der Waals surface area contributed by atoms with Gasteiger partial charge in [0, 0.05) is 19.0 Å². The van der Waals surface area contributed by atoms with E-state index in [1.54, 1.807) is 0 Å². The number of unbranched alkanes of at least 4 members (excludes halogenated alkanes) is 1. The number of carbonyl (C=O) groups is 1. The Labute approximate surface area is 172 Å². The molecule has 0 aliphatic rings. The minimum atomic E-state index is -0.220. The maximum Gasteiger partial charge on any atom is 0.219 e. The van der Waals surface area contributed by atoms with Crippen molar-refractivity contribution in [2.75, 3.05) is 6.54 Å². The van der Waals surface area contributed by atoms with Crippen LogP contribution in [0.25, 0.3) is 0 Å². The van der Waals surface area contributed by atoms with E-state index in [-0.39, 0.29) is 17.1 Å². The van der Waals surface area contributed by atoms with E-state index in [0.29, 0.717) is 6.42 Å². The number of benzene rings is 1. The van der Waals surface area contributed by atoms with Crippen molar-refractivity contribution in [3.8, 4) is 11.5 Å². The zero-order chi connectivity index (χ0) is 21.2. The second-order valence-electron chi connectivity index (χ2n) is 8.76. The normalized spacial score (nSPS) is 12.0. The molecule has 4 nitrogen and oxygen atoms in total. The van der Waals surface area contributed by atoms with Gasteiger partial charge in [0.05, 0.1) is 0 Å². The van der Waals surface area contributed by atoms with Crippen molar-refractivity contribution in [2.24, 2.45) is 0 Å². The summed E-state index contributed by atoms with van der Waals surface area (Å²) in [5.41, 5.74) is 0.778. The Balaban J connectivity index is 2.78. The average molecular weight is 392 g/mol. The molecule has 1 aromatic rings. The van der Waals surface area contributed by atoms with Crippen LogP contribution < -0.4 is 14.8 Å². The standard InChI is InChI=1S/C24H41NO3/c1-8-13-22(26)25-17-12-11-14-19-15-16-20(27-23(4,5)9-2)18-21(19)28-24(6,7)10-3/h15-16,18H,8-14,17H2,1-7H3,(H,25,26). The Hall–Kier alpha value is -1.71. The smallest absolute Gasteiger partial charge is 0.219 e. The first-order chi connectivity index (χ1) is 13.1. The van der Waals surface area contributed by atoms with Gasteiger partial charge in [-0.3, -0.25) is 4.79 Å². The first-order valence-electron chi connectivity index (χ1n) is 10.9. The molecule has 0 bridgehead atoms. The first-order valence-corrected chi connectivity index (χ1v) is 10.9. The van der Waals surface area contributed by atoms with Gasteiger partial charge in [0.25, 0.3) is 0 Å². The lowest BCUT2D eigenvalue weighted by Gasteiger charge is -2.29. The van der Waals surface area contributed by atoms with Gasteiger partial charge >= 0.3 is 0 Å². The summed E-state index contributed by atoms with van der Waals surface area (Å²) in [6, 6.07) is 6.20. The first kappa shape index (κ1) is 24.3. The molecular formula is C24H41NO3. The van der Waals surface area contributed by atoms with Crippen molar-refractivity contribution in [3.05, 3.63) is 23.8 Å². The largest absolute Gasteiger partial charge is 0.488 e. The summed E-state index contributed by atoms with van der Waals surface area (Å²) < 4.78 is 12.5. The fourth-order valence-electron chi connectivity index (χ4n) is 2.64. The Morgan fingerprint density at radius 3 is 2.21 bits per heavy atom. The third-order valence-corrected chi connectivity index (χ3v) is 5.19. The molecule has 160 valence electrons. The van der Waals surface area contributed by atoms with Crippen LogP contribution in [0.5, 0.6) is 11.5 Å². The van der Waals surface area contributed by atoms with Gasteiger partial charge in [-0.15, -0.1) is 0 Å². The molecule has 28 heavy (non-hydrogen) atoms. The Morgan fingerprint density at radius 1 is 0.964 bits per heavy atom. The molecule has 0 heterocycles. The van der Waals surface area contributed by atoms with Crippen LogP contribution in [0.2, 0.25) is 0 Å². The van der Waals surface area contributed by atoms with E-state index >= 15 is 0 Å². The fraction of sp³-hybridized carbons (Fsp3) is 0.708. The summed E-state index contributed by atoms with van der Waals surface area (Å²) in [5, 5.41) is 2.98. The summed E-state index contributed by atoms with van der Waals surface area (Å²) in [4.78, 5) is 11.6. The van der Waals surface area contributed by atoms with E-state index in [1.165, 1.54) is 5.56 Å². The lowest BCUT2D eigenvalue weighted by Crippen LogP contribution is -2.28. The minimum Gasteiger partial charge on any atom is -0.488 e. The molecule has 0 atom stereocenters. The van der Waals surface area contributed by atoms with Crippen molar-refractivity contribution >= 4 is 5.91 Å². The van der Waals surface area contributed by atoms with Gasteiger partial charge in [0.2, 0.25) is 5.91 Å². The molecule has 1 rings (SSSR count). The highest BCUT2D eigenvalue weighted by molar-refractivity contribution is 5.75. The van der Waals surface area contributed by atoms with Crippen LogP contribution in [0.15, 0.2) is 18.2 Å². The number of aryl methyl sites for hydroxylation is 1. The molecule has 0 saturated carbocycles. The monoisotopic (exact) mass is 391 g/mol. The summed E-state index contributed by atoms with van der Waals surface area (Å²) >= 11 is 0. The van der Waals surface area contributed by atoms with Crippen molar-refractivity contribution < 1.29 is 14.3 Å². The number of hydrogen-bond acceptors (Lipinski definition) is 3. The summed E-state index contributed by atoms with van der Waals surface area (Å²) in [6.45, 7) is 15.5. The summed E-state index contributed by atoms with van der Waals surface area (Å²) in [6.07, 6.45) is 6.28. The van der Waals surface area contributed by atoms with Crippen LogP contribution >= 0.6 is 0 Å². The van der Waals surface area contributed by atoms with Gasteiger partial charge < -0.3 is 14.8 Å². The molecule has 0 aromatic heterocycles. The minimum absolute atomic E-state index is 0.149. The van der Waals surface area contributed by atoms with Crippen molar-refractivity contribution in [2.45, 2.75) is 105 Å². The zero-order valence-corrected chi connectivity index (χ0v) is 19.1. The highest BCUT2D eigenvalue weighted by Crippen LogP contribution is 2.32. The second-order valence-corrected chi connectivity index (χ2v) is 8.76. The molecular weight excluding hydrogens is 350 g/mol. The van der Waals surface area contributed by atoms with Gasteiger partial charge in [0.15, 0.2) is 0 Å². The van der Waals surface area contributed by atoms with Gasteiger partial charge in [-0.1, -0.05) is 26.8 Å². The van der Waals surface area contributed by atoms with Crippen LogP contribution in [0, 0.1) is 0 Å². The summed E-state index contributed by atoms with van der Waals surface area (Å²) in [5.74, 6) is 1.91. The van der Waals surface area contributed by atoms with Crippen molar-refractivity contribution in [3.63, 3.8) is 0 Å². The van der Waals surface area contributed by atoms with Crippen LogP contribution in [0.3, 0.4) is 0 Å². The van der Waals surface area contributed by atoms with Gasteiger partial charge in [-0.2, -0.15) is 0 Å². The SMILES string of the molecule is CCCC(=O)NCCCCc1ccc(OC(C)(C)CC)cc1OC(C)(C)CC. The van der Waals surface area contributed by atoms with Crippen molar-refractivity contribution in [1.29, 1.82) is 0 Å². The van der Waals surface area contributed by atoms with E-state index in [9.17, 15) is 4.79 Å². The molecule has 0 fully saturated rings. The zero-order valence-electron chi connectivity index (χ0n) is 19.1. The second kappa shape index (κ2) is 11.3. The van der Waals surface area contributed by atoms with Gasteiger partial charge in [-0.25, -0.2) is 0 Å². The molecule has 0 unspecified atom stereocenters. The molecule has 4 heteroatoms. The van der Waals surface area contributed by atoms with E-state index in [2.05, 4.69) is 52.9 Å².